The lowest BCUT2D eigenvalue weighted by atomic mass is 10.1. The van der Waals surface area contributed by atoms with Crippen LogP contribution in [-0.2, 0) is 26.0 Å². The van der Waals surface area contributed by atoms with Crippen LogP contribution < -0.4 is 0 Å². The van der Waals surface area contributed by atoms with Gasteiger partial charge in [0.25, 0.3) is 0 Å². The molecule has 1 aromatic heterocycles. The van der Waals surface area contributed by atoms with Crippen LogP contribution in [0, 0.1) is 0 Å². The molecule has 0 spiro atoms. The van der Waals surface area contributed by atoms with Gasteiger partial charge in [0.1, 0.15) is 6.67 Å². The van der Waals surface area contributed by atoms with E-state index in [0.717, 1.165) is 29.8 Å². The lowest BCUT2D eigenvalue weighted by Gasteiger charge is -2.03. The number of hydrogen-bond acceptors (Lipinski definition) is 2. The fourth-order valence-corrected chi connectivity index (χ4v) is 1.72. The van der Waals surface area contributed by atoms with Crippen LogP contribution in [0.2, 0.25) is 0 Å². The fraction of sp³-hybridized carbons (Fsp3) is 0.700. The number of rotatable bonds is 5. The Hall–Kier alpha value is -0.900. The van der Waals surface area contributed by atoms with E-state index in [1.807, 2.05) is 13.8 Å². The molecule has 1 rings (SSSR count). The number of aliphatic hydroxyl groups is 1. The summed E-state index contributed by atoms with van der Waals surface area (Å²) >= 11 is 0. The van der Waals surface area contributed by atoms with Crippen molar-refractivity contribution in [2.75, 3.05) is 6.67 Å². The van der Waals surface area contributed by atoms with Crippen LogP contribution in [0.15, 0.2) is 0 Å². The number of halogens is 1. The Balaban J connectivity index is 3.10. The summed E-state index contributed by atoms with van der Waals surface area (Å²) in [7, 11) is 0. The second-order valence-corrected chi connectivity index (χ2v) is 3.15. The van der Waals surface area contributed by atoms with Crippen molar-refractivity contribution in [3.63, 3.8) is 0 Å². The molecule has 0 aliphatic heterocycles. The van der Waals surface area contributed by atoms with E-state index in [1.165, 1.54) is 0 Å². The first-order valence-electron chi connectivity index (χ1n) is 5.02. The molecule has 1 N–H and O–H groups in total. The lowest BCUT2D eigenvalue weighted by molar-refractivity contribution is 0.279. The second-order valence-electron chi connectivity index (χ2n) is 3.15. The zero-order valence-electron chi connectivity index (χ0n) is 8.76. The van der Waals surface area contributed by atoms with Crippen molar-refractivity contribution in [1.29, 1.82) is 0 Å². The quantitative estimate of drug-likeness (QED) is 0.781. The first kappa shape index (κ1) is 11.2. The maximum Gasteiger partial charge on any atom is 0.109 e. The van der Waals surface area contributed by atoms with Crippen LogP contribution in [0.4, 0.5) is 4.39 Å². The summed E-state index contributed by atoms with van der Waals surface area (Å²) in [6, 6.07) is 0. The van der Waals surface area contributed by atoms with E-state index in [4.69, 9.17) is 0 Å². The maximum absolute atomic E-state index is 12.2. The van der Waals surface area contributed by atoms with Gasteiger partial charge in [0.05, 0.1) is 18.8 Å². The van der Waals surface area contributed by atoms with Gasteiger partial charge in [-0.2, -0.15) is 5.10 Å². The van der Waals surface area contributed by atoms with Crippen LogP contribution in [0.5, 0.6) is 0 Å². The topological polar surface area (TPSA) is 38.0 Å². The SMILES string of the molecule is CCc1nn(CCF)c(CC)c1CO. The van der Waals surface area contributed by atoms with Crippen LogP contribution in [0.1, 0.15) is 30.8 Å². The summed E-state index contributed by atoms with van der Waals surface area (Å²) < 4.78 is 13.9. The molecule has 0 saturated carbocycles. The molecule has 4 heteroatoms. The molecule has 0 fully saturated rings. The number of aliphatic hydroxyl groups excluding tert-OH is 1. The summed E-state index contributed by atoms with van der Waals surface area (Å²) in [5.74, 6) is 0. The minimum absolute atomic E-state index is 0.00136. The highest BCUT2D eigenvalue weighted by atomic mass is 19.1. The van der Waals surface area contributed by atoms with Crippen molar-refractivity contribution in [3.8, 4) is 0 Å². The summed E-state index contributed by atoms with van der Waals surface area (Å²) in [5, 5.41) is 13.5. The number of aryl methyl sites for hydroxylation is 2. The van der Waals surface area contributed by atoms with Crippen LogP contribution in [-0.4, -0.2) is 21.6 Å². The summed E-state index contributed by atoms with van der Waals surface area (Å²) in [4.78, 5) is 0. The standard InChI is InChI=1S/C10H17FN2O/c1-3-9-8(7-14)10(4-2)13(12-9)6-5-11/h14H,3-7H2,1-2H3. The van der Waals surface area contributed by atoms with Gasteiger partial charge in [-0.05, 0) is 12.8 Å². The van der Waals surface area contributed by atoms with Gasteiger partial charge in [-0.1, -0.05) is 13.8 Å². The van der Waals surface area contributed by atoms with E-state index in [1.54, 1.807) is 4.68 Å². The lowest BCUT2D eigenvalue weighted by Crippen LogP contribution is -2.06. The van der Waals surface area contributed by atoms with Gasteiger partial charge in [0.15, 0.2) is 0 Å². The minimum Gasteiger partial charge on any atom is -0.392 e. The molecule has 0 unspecified atom stereocenters. The predicted octanol–water partition coefficient (Wildman–Crippen LogP) is 1.47. The highest BCUT2D eigenvalue weighted by Gasteiger charge is 2.13. The Morgan fingerprint density at radius 1 is 1.36 bits per heavy atom. The molecule has 0 aliphatic rings. The van der Waals surface area contributed by atoms with E-state index in [-0.39, 0.29) is 13.2 Å². The van der Waals surface area contributed by atoms with E-state index < -0.39 is 6.67 Å². The Bertz CT molecular complexity index is 297. The van der Waals surface area contributed by atoms with Gasteiger partial charge in [-0.25, -0.2) is 4.39 Å². The van der Waals surface area contributed by atoms with Gasteiger partial charge in [0, 0.05) is 11.3 Å². The van der Waals surface area contributed by atoms with Gasteiger partial charge in [-0.15, -0.1) is 0 Å². The largest absolute Gasteiger partial charge is 0.392 e. The monoisotopic (exact) mass is 200 g/mol. The third kappa shape index (κ3) is 1.95. The average molecular weight is 200 g/mol. The maximum atomic E-state index is 12.2. The van der Waals surface area contributed by atoms with E-state index in [2.05, 4.69) is 5.10 Å². The zero-order valence-corrected chi connectivity index (χ0v) is 8.76. The molecule has 1 heterocycles. The molecule has 80 valence electrons. The zero-order chi connectivity index (χ0) is 10.6. The fourth-order valence-electron chi connectivity index (χ4n) is 1.72. The van der Waals surface area contributed by atoms with Crippen LogP contribution >= 0.6 is 0 Å². The van der Waals surface area contributed by atoms with Gasteiger partial charge < -0.3 is 5.11 Å². The third-order valence-electron chi connectivity index (χ3n) is 2.37. The normalized spacial score (nSPS) is 10.9. The van der Waals surface area contributed by atoms with Crippen molar-refractivity contribution in [1.82, 2.24) is 9.78 Å². The Morgan fingerprint density at radius 3 is 2.50 bits per heavy atom. The molecule has 0 bridgehead atoms. The summed E-state index contributed by atoms with van der Waals surface area (Å²) in [6.45, 7) is 3.85. The van der Waals surface area contributed by atoms with Crippen molar-refractivity contribution in [2.24, 2.45) is 0 Å². The smallest absolute Gasteiger partial charge is 0.109 e. The highest BCUT2D eigenvalue weighted by molar-refractivity contribution is 5.25. The van der Waals surface area contributed by atoms with Gasteiger partial charge in [0.2, 0.25) is 0 Å². The third-order valence-corrected chi connectivity index (χ3v) is 2.37. The van der Waals surface area contributed by atoms with Crippen molar-refractivity contribution in [2.45, 2.75) is 39.8 Å². The van der Waals surface area contributed by atoms with Crippen LogP contribution in [0.25, 0.3) is 0 Å². The van der Waals surface area contributed by atoms with Crippen molar-refractivity contribution in [3.05, 3.63) is 17.0 Å². The molecular weight excluding hydrogens is 183 g/mol. The molecule has 0 radical (unpaired) electrons. The van der Waals surface area contributed by atoms with E-state index >= 15 is 0 Å². The molecule has 0 amide bonds. The van der Waals surface area contributed by atoms with Gasteiger partial charge >= 0.3 is 0 Å². The minimum atomic E-state index is -0.414. The molecule has 1 aromatic rings. The molecule has 0 atom stereocenters. The Morgan fingerprint density at radius 2 is 2.07 bits per heavy atom. The Labute approximate surface area is 83.6 Å². The van der Waals surface area contributed by atoms with Crippen molar-refractivity contribution >= 4 is 0 Å². The first-order valence-corrected chi connectivity index (χ1v) is 5.02. The first-order chi connectivity index (χ1) is 6.78. The van der Waals surface area contributed by atoms with Gasteiger partial charge in [-0.3, -0.25) is 4.68 Å². The molecule has 0 aliphatic carbocycles. The number of hydrogen-bond donors (Lipinski definition) is 1. The van der Waals surface area contributed by atoms with Crippen LogP contribution in [0.3, 0.4) is 0 Å². The van der Waals surface area contributed by atoms with E-state index in [0.29, 0.717) is 0 Å². The second kappa shape index (κ2) is 5.10. The molecule has 3 nitrogen and oxygen atoms in total. The summed E-state index contributed by atoms with van der Waals surface area (Å²) in [6.07, 6.45) is 1.56. The number of nitrogens with zero attached hydrogens (tertiary/aromatic N) is 2. The molecule has 0 saturated heterocycles. The number of alkyl halides is 1. The Kier molecular flexibility index (Phi) is 4.07. The predicted molar refractivity (Wildman–Crippen MR) is 52.9 cm³/mol. The average Bonchev–Trinajstić information content (AvgIpc) is 2.55. The molecule has 14 heavy (non-hydrogen) atoms. The van der Waals surface area contributed by atoms with E-state index in [9.17, 15) is 9.50 Å². The highest BCUT2D eigenvalue weighted by Crippen LogP contribution is 2.16. The summed E-state index contributed by atoms with van der Waals surface area (Å²) in [5.41, 5.74) is 2.73. The molecule has 0 aromatic carbocycles. The van der Waals surface area contributed by atoms with Crippen molar-refractivity contribution < 1.29 is 9.50 Å². The molecular formula is C10H17FN2O. The number of aromatic nitrogens is 2.